The molecule has 1 unspecified atom stereocenters. The molecule has 0 saturated carbocycles. The normalized spacial score (nSPS) is 20.2. The second-order valence-corrected chi connectivity index (χ2v) is 5.09. The van der Waals surface area contributed by atoms with Gasteiger partial charge < -0.3 is 10.6 Å². The molecule has 1 atom stereocenters. The third-order valence-corrected chi connectivity index (χ3v) is 3.55. The van der Waals surface area contributed by atoms with E-state index in [2.05, 4.69) is 23.7 Å². The van der Waals surface area contributed by atoms with Gasteiger partial charge in [-0.05, 0) is 31.2 Å². The molecule has 0 aliphatic carbocycles. The summed E-state index contributed by atoms with van der Waals surface area (Å²) in [5, 5.41) is 0. The highest BCUT2D eigenvalue weighted by Gasteiger charge is 2.19. The van der Waals surface area contributed by atoms with Crippen molar-refractivity contribution in [2.45, 2.75) is 52.0 Å². The Hall–Kier alpha value is -1.16. The van der Waals surface area contributed by atoms with Crippen LogP contribution in [0.25, 0.3) is 0 Å². The van der Waals surface area contributed by atoms with Gasteiger partial charge in [0, 0.05) is 31.0 Å². The van der Waals surface area contributed by atoms with E-state index >= 15 is 0 Å². The second-order valence-electron chi connectivity index (χ2n) is 5.09. The van der Waals surface area contributed by atoms with E-state index in [0.29, 0.717) is 0 Å². The van der Waals surface area contributed by atoms with Crippen LogP contribution >= 0.6 is 0 Å². The molecule has 2 N–H and O–H groups in total. The van der Waals surface area contributed by atoms with Crippen LogP contribution in [-0.2, 0) is 12.8 Å². The summed E-state index contributed by atoms with van der Waals surface area (Å²) >= 11 is 0. The maximum absolute atomic E-state index is 6.02. The fourth-order valence-electron chi connectivity index (χ4n) is 2.52. The van der Waals surface area contributed by atoms with Crippen molar-refractivity contribution in [2.75, 3.05) is 18.0 Å². The van der Waals surface area contributed by atoms with Gasteiger partial charge >= 0.3 is 0 Å². The minimum atomic E-state index is 0.267. The Morgan fingerprint density at radius 2 is 2.28 bits per heavy atom. The smallest absolute Gasteiger partial charge is 0.225 e. The van der Waals surface area contributed by atoms with Gasteiger partial charge in [-0.1, -0.05) is 20.3 Å². The molecular formula is C14H24N4. The Labute approximate surface area is 110 Å². The van der Waals surface area contributed by atoms with E-state index in [1.54, 1.807) is 0 Å². The van der Waals surface area contributed by atoms with Crippen LogP contribution in [0.3, 0.4) is 0 Å². The third-order valence-electron chi connectivity index (χ3n) is 3.55. The van der Waals surface area contributed by atoms with Crippen molar-refractivity contribution in [1.29, 1.82) is 0 Å². The molecule has 1 aromatic rings. The molecule has 0 amide bonds. The average Bonchev–Trinajstić information content (AvgIpc) is 2.39. The van der Waals surface area contributed by atoms with Crippen LogP contribution in [0.1, 0.15) is 44.4 Å². The summed E-state index contributed by atoms with van der Waals surface area (Å²) in [4.78, 5) is 11.5. The van der Waals surface area contributed by atoms with Gasteiger partial charge in [-0.3, -0.25) is 0 Å². The van der Waals surface area contributed by atoms with Gasteiger partial charge in [0.1, 0.15) is 0 Å². The number of hydrogen-bond donors (Lipinski definition) is 1. The van der Waals surface area contributed by atoms with E-state index in [1.165, 1.54) is 11.3 Å². The lowest BCUT2D eigenvalue weighted by molar-refractivity contribution is 0.499. The summed E-state index contributed by atoms with van der Waals surface area (Å²) in [6.07, 6.45) is 7.43. The molecule has 1 aliphatic rings. The van der Waals surface area contributed by atoms with Crippen molar-refractivity contribution < 1.29 is 0 Å². The Morgan fingerprint density at radius 3 is 2.94 bits per heavy atom. The van der Waals surface area contributed by atoms with Crippen LogP contribution in [0, 0.1) is 0 Å². The lowest BCUT2D eigenvalue weighted by Crippen LogP contribution is -2.43. The van der Waals surface area contributed by atoms with Crippen LogP contribution in [0.15, 0.2) is 6.20 Å². The average molecular weight is 248 g/mol. The van der Waals surface area contributed by atoms with Crippen molar-refractivity contribution >= 4 is 5.95 Å². The quantitative estimate of drug-likeness (QED) is 0.884. The standard InChI is InChI=1S/C14H24N4/c1-3-6-13-11(4-2)9-16-14(17-13)18-8-5-7-12(15)10-18/h9,12H,3-8,10,15H2,1-2H3. The van der Waals surface area contributed by atoms with Crippen LogP contribution in [0.5, 0.6) is 0 Å². The van der Waals surface area contributed by atoms with E-state index < -0.39 is 0 Å². The molecule has 1 aromatic heterocycles. The van der Waals surface area contributed by atoms with Crippen LogP contribution < -0.4 is 10.6 Å². The molecule has 1 fully saturated rings. The van der Waals surface area contributed by atoms with E-state index in [4.69, 9.17) is 10.7 Å². The molecule has 1 aliphatic heterocycles. The van der Waals surface area contributed by atoms with Crippen molar-refractivity contribution in [3.05, 3.63) is 17.5 Å². The lowest BCUT2D eigenvalue weighted by atomic mass is 10.1. The van der Waals surface area contributed by atoms with Crippen molar-refractivity contribution in [3.8, 4) is 0 Å². The van der Waals surface area contributed by atoms with Crippen molar-refractivity contribution in [1.82, 2.24) is 9.97 Å². The van der Waals surface area contributed by atoms with Gasteiger partial charge in [0.2, 0.25) is 5.95 Å². The first-order valence-electron chi connectivity index (χ1n) is 7.09. The molecule has 2 rings (SSSR count). The van der Waals surface area contributed by atoms with E-state index in [-0.39, 0.29) is 6.04 Å². The van der Waals surface area contributed by atoms with Gasteiger partial charge in [-0.25, -0.2) is 9.97 Å². The largest absolute Gasteiger partial charge is 0.339 e. The Balaban J connectivity index is 2.19. The molecule has 0 radical (unpaired) electrons. The number of anilines is 1. The number of aryl methyl sites for hydroxylation is 2. The van der Waals surface area contributed by atoms with Crippen molar-refractivity contribution in [3.63, 3.8) is 0 Å². The minimum Gasteiger partial charge on any atom is -0.339 e. The summed E-state index contributed by atoms with van der Waals surface area (Å²) in [5.41, 5.74) is 8.51. The summed E-state index contributed by atoms with van der Waals surface area (Å²) in [5.74, 6) is 0.866. The fraction of sp³-hybridized carbons (Fsp3) is 0.714. The lowest BCUT2D eigenvalue weighted by Gasteiger charge is -2.31. The van der Waals surface area contributed by atoms with Gasteiger partial charge in [0.25, 0.3) is 0 Å². The number of nitrogens with zero attached hydrogens (tertiary/aromatic N) is 3. The molecule has 4 heteroatoms. The molecule has 0 aromatic carbocycles. The molecule has 18 heavy (non-hydrogen) atoms. The molecule has 0 bridgehead atoms. The SMILES string of the molecule is CCCc1nc(N2CCCC(N)C2)ncc1CC. The van der Waals surface area contributed by atoms with Gasteiger partial charge in [-0.15, -0.1) is 0 Å². The topological polar surface area (TPSA) is 55.0 Å². The molecular weight excluding hydrogens is 224 g/mol. The number of piperidine rings is 1. The number of aromatic nitrogens is 2. The maximum Gasteiger partial charge on any atom is 0.225 e. The van der Waals surface area contributed by atoms with E-state index in [9.17, 15) is 0 Å². The first-order valence-corrected chi connectivity index (χ1v) is 7.09. The number of hydrogen-bond acceptors (Lipinski definition) is 4. The first kappa shape index (κ1) is 13.3. The first-order chi connectivity index (χ1) is 8.74. The van der Waals surface area contributed by atoms with E-state index in [1.807, 2.05) is 6.20 Å². The monoisotopic (exact) mass is 248 g/mol. The predicted octanol–water partition coefficient (Wildman–Crippen LogP) is 1.92. The van der Waals surface area contributed by atoms with Gasteiger partial charge in [0.05, 0.1) is 0 Å². The molecule has 0 spiro atoms. The summed E-state index contributed by atoms with van der Waals surface area (Å²) in [6, 6.07) is 0.267. The molecule has 2 heterocycles. The summed E-state index contributed by atoms with van der Waals surface area (Å²) in [7, 11) is 0. The molecule has 1 saturated heterocycles. The maximum atomic E-state index is 6.02. The zero-order valence-corrected chi connectivity index (χ0v) is 11.5. The fourth-order valence-corrected chi connectivity index (χ4v) is 2.52. The number of rotatable bonds is 4. The van der Waals surface area contributed by atoms with Crippen LogP contribution in [-0.4, -0.2) is 29.1 Å². The van der Waals surface area contributed by atoms with Crippen molar-refractivity contribution in [2.24, 2.45) is 5.73 Å². The Kier molecular flexibility index (Phi) is 4.53. The highest BCUT2D eigenvalue weighted by molar-refractivity contribution is 5.34. The predicted molar refractivity (Wildman–Crippen MR) is 74.8 cm³/mol. The van der Waals surface area contributed by atoms with Gasteiger partial charge in [0.15, 0.2) is 0 Å². The van der Waals surface area contributed by atoms with E-state index in [0.717, 1.165) is 51.1 Å². The highest BCUT2D eigenvalue weighted by atomic mass is 15.3. The summed E-state index contributed by atoms with van der Waals surface area (Å²) in [6.45, 7) is 6.27. The second kappa shape index (κ2) is 6.14. The van der Waals surface area contributed by atoms with Crippen LogP contribution in [0.2, 0.25) is 0 Å². The Bertz CT molecular complexity index is 391. The highest BCUT2D eigenvalue weighted by Crippen LogP contribution is 2.18. The number of nitrogens with two attached hydrogens (primary N) is 1. The zero-order chi connectivity index (χ0) is 13.0. The van der Waals surface area contributed by atoms with Gasteiger partial charge in [-0.2, -0.15) is 0 Å². The molecule has 100 valence electrons. The Morgan fingerprint density at radius 1 is 1.44 bits per heavy atom. The molecule has 4 nitrogen and oxygen atoms in total. The van der Waals surface area contributed by atoms with Crippen LogP contribution in [0.4, 0.5) is 5.95 Å². The minimum absolute atomic E-state index is 0.267. The summed E-state index contributed by atoms with van der Waals surface area (Å²) < 4.78 is 0. The third kappa shape index (κ3) is 2.99. The zero-order valence-electron chi connectivity index (χ0n) is 11.5.